The van der Waals surface area contributed by atoms with Crippen molar-refractivity contribution in [3.8, 4) is 5.75 Å². The monoisotopic (exact) mass is 344 g/mol. The van der Waals surface area contributed by atoms with Gasteiger partial charge in [-0.1, -0.05) is 30.3 Å². The summed E-state index contributed by atoms with van der Waals surface area (Å²) < 4.78 is 0. The van der Waals surface area contributed by atoms with E-state index in [1.54, 1.807) is 0 Å². The molecule has 0 radical (unpaired) electrons. The largest absolute Gasteiger partial charge is 0.508 e. The molecule has 126 valence electrons. The molecule has 0 fully saturated rings. The van der Waals surface area contributed by atoms with Crippen LogP contribution in [-0.4, -0.2) is 28.4 Å². The van der Waals surface area contributed by atoms with Crippen molar-refractivity contribution in [2.45, 2.75) is 12.8 Å². The Bertz CT molecular complexity index is 660. The number of rotatable bonds is 7. The van der Waals surface area contributed by atoms with Crippen LogP contribution in [0.5, 0.6) is 5.75 Å². The number of aryl methyl sites for hydroxylation is 1. The number of hydrogen-bond donors (Lipinski definition) is 3. The molecule has 3 N–H and O–H groups in total. The minimum atomic E-state index is -0.419. The molecule has 0 aromatic heterocycles. The fourth-order valence-corrected chi connectivity index (χ4v) is 2.79. The second kappa shape index (κ2) is 9.62. The molecule has 0 bridgehead atoms. The molecule has 2 rings (SSSR count). The predicted molar refractivity (Wildman–Crippen MR) is 95.8 cm³/mol. The summed E-state index contributed by atoms with van der Waals surface area (Å²) in [5.41, 5.74) is 6.39. The topological polar surface area (TPSA) is 78.4 Å². The number of hydrogen-bond acceptors (Lipinski definition) is 4. The van der Waals surface area contributed by atoms with Crippen molar-refractivity contribution < 1.29 is 14.7 Å². The number of phenolic OH excluding ortho intramolecular Hbond substituents is 1. The fourth-order valence-electron chi connectivity index (χ4n) is 2.04. The number of benzene rings is 2. The maximum atomic E-state index is 11.8. The van der Waals surface area contributed by atoms with E-state index in [0.29, 0.717) is 11.3 Å². The molecule has 0 saturated heterocycles. The Hall–Kier alpha value is -2.47. The third-order valence-corrected chi connectivity index (χ3v) is 4.32. The zero-order valence-corrected chi connectivity index (χ0v) is 14.0. The Morgan fingerprint density at radius 2 is 1.67 bits per heavy atom. The number of thioether (sulfide) groups is 1. The van der Waals surface area contributed by atoms with Crippen LogP contribution in [0.25, 0.3) is 0 Å². The zero-order valence-electron chi connectivity index (χ0n) is 13.2. The highest BCUT2D eigenvalue weighted by atomic mass is 32.2. The van der Waals surface area contributed by atoms with Crippen LogP contribution >= 0.6 is 11.8 Å². The molecule has 2 amide bonds. The van der Waals surface area contributed by atoms with Crippen LogP contribution < -0.4 is 10.9 Å². The van der Waals surface area contributed by atoms with Crippen molar-refractivity contribution in [1.82, 2.24) is 10.9 Å². The lowest BCUT2D eigenvalue weighted by Gasteiger charge is -2.07. The highest BCUT2D eigenvalue weighted by Gasteiger charge is 2.07. The standard InChI is InChI=1S/C18H20N2O3S/c21-16-10-8-15(9-11-16)18(23)20-19-17(22)13-24-12-4-7-14-5-2-1-3-6-14/h1-3,5-6,8-11,21H,4,7,12-13H2,(H,19,22)(H,20,23). The smallest absolute Gasteiger partial charge is 0.269 e. The number of aromatic hydroxyl groups is 1. The number of nitrogens with one attached hydrogen (secondary N) is 2. The Labute approximate surface area is 145 Å². The molecule has 24 heavy (non-hydrogen) atoms. The van der Waals surface area contributed by atoms with Crippen molar-refractivity contribution >= 4 is 23.6 Å². The molecule has 0 unspecified atom stereocenters. The molecule has 6 heteroatoms. The number of carbonyl (C=O) groups excluding carboxylic acids is 2. The fraction of sp³-hybridized carbons (Fsp3) is 0.222. The van der Waals surface area contributed by atoms with Crippen LogP contribution in [0.4, 0.5) is 0 Å². The molecule has 0 saturated carbocycles. The Balaban J connectivity index is 1.58. The molecule has 0 aliphatic rings. The minimum absolute atomic E-state index is 0.0856. The van der Waals surface area contributed by atoms with Crippen LogP contribution in [0.3, 0.4) is 0 Å². The molecule has 0 heterocycles. The van der Waals surface area contributed by atoms with Crippen LogP contribution in [-0.2, 0) is 11.2 Å². The maximum absolute atomic E-state index is 11.8. The molecule has 0 aliphatic carbocycles. The molecular formula is C18H20N2O3S. The van der Waals surface area contributed by atoms with E-state index in [9.17, 15) is 9.59 Å². The Morgan fingerprint density at radius 3 is 2.38 bits per heavy atom. The highest BCUT2D eigenvalue weighted by molar-refractivity contribution is 7.99. The second-order valence-electron chi connectivity index (χ2n) is 5.19. The van der Waals surface area contributed by atoms with Gasteiger partial charge < -0.3 is 5.11 Å². The number of carbonyl (C=O) groups is 2. The summed E-state index contributed by atoms with van der Waals surface area (Å²) in [5, 5.41) is 9.17. The normalized spacial score (nSPS) is 10.2. The molecule has 0 aliphatic heterocycles. The first-order valence-electron chi connectivity index (χ1n) is 7.65. The van der Waals surface area contributed by atoms with Crippen LogP contribution in [0.1, 0.15) is 22.3 Å². The van der Waals surface area contributed by atoms with Crippen LogP contribution in [0.15, 0.2) is 54.6 Å². The summed E-state index contributed by atoms with van der Waals surface area (Å²) in [7, 11) is 0. The second-order valence-corrected chi connectivity index (χ2v) is 6.30. The Morgan fingerprint density at radius 1 is 0.958 bits per heavy atom. The summed E-state index contributed by atoms with van der Waals surface area (Å²) >= 11 is 1.53. The lowest BCUT2D eigenvalue weighted by atomic mass is 10.1. The van der Waals surface area contributed by atoms with Crippen molar-refractivity contribution in [3.63, 3.8) is 0 Å². The van der Waals surface area contributed by atoms with Crippen molar-refractivity contribution in [2.75, 3.05) is 11.5 Å². The van der Waals surface area contributed by atoms with E-state index < -0.39 is 5.91 Å². The summed E-state index contributed by atoms with van der Waals surface area (Å²) in [6.45, 7) is 0. The molecule has 2 aromatic carbocycles. The summed E-state index contributed by atoms with van der Waals surface area (Å²) in [4.78, 5) is 23.5. The van der Waals surface area contributed by atoms with Gasteiger partial charge in [0.1, 0.15) is 5.75 Å². The summed E-state index contributed by atoms with van der Waals surface area (Å²) in [5.74, 6) is 0.602. The number of amides is 2. The molecule has 0 atom stereocenters. The lowest BCUT2D eigenvalue weighted by Crippen LogP contribution is -2.42. The average molecular weight is 344 g/mol. The van der Waals surface area contributed by atoms with Crippen LogP contribution in [0.2, 0.25) is 0 Å². The van der Waals surface area contributed by atoms with Gasteiger partial charge in [-0.05, 0) is 48.4 Å². The van der Waals surface area contributed by atoms with Gasteiger partial charge in [0.2, 0.25) is 5.91 Å². The lowest BCUT2D eigenvalue weighted by molar-refractivity contribution is -0.119. The van der Waals surface area contributed by atoms with Gasteiger partial charge in [-0.25, -0.2) is 0 Å². The first-order chi connectivity index (χ1) is 11.6. The van der Waals surface area contributed by atoms with Gasteiger partial charge in [-0.15, -0.1) is 0 Å². The van der Waals surface area contributed by atoms with E-state index in [1.807, 2.05) is 18.2 Å². The average Bonchev–Trinajstić information content (AvgIpc) is 2.61. The predicted octanol–water partition coefficient (Wildman–Crippen LogP) is 2.52. The van der Waals surface area contributed by atoms with Crippen LogP contribution in [0, 0.1) is 0 Å². The van der Waals surface area contributed by atoms with Gasteiger partial charge in [-0.2, -0.15) is 11.8 Å². The van der Waals surface area contributed by atoms with E-state index in [4.69, 9.17) is 5.11 Å². The summed E-state index contributed by atoms with van der Waals surface area (Å²) in [6.07, 6.45) is 1.99. The van der Waals surface area contributed by atoms with E-state index in [2.05, 4.69) is 23.0 Å². The van der Waals surface area contributed by atoms with E-state index in [-0.39, 0.29) is 11.7 Å². The molecule has 5 nitrogen and oxygen atoms in total. The van der Waals surface area contributed by atoms with Crippen molar-refractivity contribution in [3.05, 3.63) is 65.7 Å². The van der Waals surface area contributed by atoms with E-state index in [0.717, 1.165) is 18.6 Å². The maximum Gasteiger partial charge on any atom is 0.269 e. The molecular weight excluding hydrogens is 324 g/mol. The van der Waals surface area contributed by atoms with E-state index in [1.165, 1.54) is 41.6 Å². The zero-order chi connectivity index (χ0) is 17.2. The SMILES string of the molecule is O=C(CSCCCc1ccccc1)NNC(=O)c1ccc(O)cc1. The van der Waals surface area contributed by atoms with Crippen molar-refractivity contribution in [1.29, 1.82) is 0 Å². The number of phenols is 1. The third-order valence-electron chi connectivity index (χ3n) is 3.28. The third kappa shape index (κ3) is 6.34. The van der Waals surface area contributed by atoms with Gasteiger partial charge in [-0.3, -0.25) is 20.4 Å². The van der Waals surface area contributed by atoms with Gasteiger partial charge in [0, 0.05) is 5.56 Å². The first-order valence-corrected chi connectivity index (χ1v) is 8.80. The number of hydrazine groups is 1. The van der Waals surface area contributed by atoms with Gasteiger partial charge in [0.25, 0.3) is 5.91 Å². The Kier molecular flexibility index (Phi) is 7.17. The van der Waals surface area contributed by atoms with E-state index >= 15 is 0 Å². The quantitative estimate of drug-likeness (QED) is 0.533. The van der Waals surface area contributed by atoms with Gasteiger partial charge in [0.15, 0.2) is 0 Å². The molecule has 0 spiro atoms. The molecule has 2 aromatic rings. The summed E-state index contributed by atoms with van der Waals surface area (Å²) in [6, 6.07) is 16.0. The van der Waals surface area contributed by atoms with Gasteiger partial charge in [0.05, 0.1) is 5.75 Å². The first kappa shape index (κ1) is 17.9. The minimum Gasteiger partial charge on any atom is -0.508 e. The highest BCUT2D eigenvalue weighted by Crippen LogP contribution is 2.09. The van der Waals surface area contributed by atoms with Gasteiger partial charge >= 0.3 is 0 Å². The van der Waals surface area contributed by atoms with Crippen molar-refractivity contribution in [2.24, 2.45) is 0 Å².